The van der Waals surface area contributed by atoms with Gasteiger partial charge in [-0.15, -0.1) is 0 Å². The number of aliphatic hydroxyl groups excluding tert-OH is 1. The zero-order chi connectivity index (χ0) is 10.7. The van der Waals surface area contributed by atoms with Gasteiger partial charge in [0.15, 0.2) is 0 Å². The molecule has 0 saturated heterocycles. The maximum Gasteiger partial charge on any atom is 0.138 e. The maximum absolute atomic E-state index is 11.7. The molecule has 86 valence electrons. The molecule has 2 heteroatoms. The largest absolute Gasteiger partial charge is 0.392 e. The lowest BCUT2D eigenvalue weighted by Gasteiger charge is -2.33. The lowest BCUT2D eigenvalue weighted by atomic mass is 9.75. The summed E-state index contributed by atoms with van der Waals surface area (Å²) in [5, 5.41) is 10.2. The van der Waals surface area contributed by atoms with Gasteiger partial charge in [-0.05, 0) is 31.6 Å². The summed E-state index contributed by atoms with van der Waals surface area (Å²) in [6.45, 7) is 0. The van der Waals surface area contributed by atoms with Gasteiger partial charge in [0, 0.05) is 12.3 Å². The number of hydrogen-bond acceptors (Lipinski definition) is 2. The molecule has 2 nitrogen and oxygen atoms in total. The van der Waals surface area contributed by atoms with Crippen LogP contribution in [0, 0.1) is 11.8 Å². The number of rotatable bonds is 2. The van der Waals surface area contributed by atoms with Crippen LogP contribution >= 0.6 is 0 Å². The van der Waals surface area contributed by atoms with Gasteiger partial charge >= 0.3 is 0 Å². The molecule has 0 aromatic heterocycles. The normalized spacial score (nSPS) is 31.5. The van der Waals surface area contributed by atoms with Crippen molar-refractivity contribution < 1.29 is 9.90 Å². The van der Waals surface area contributed by atoms with E-state index in [4.69, 9.17) is 0 Å². The Morgan fingerprint density at radius 3 is 2.33 bits per heavy atom. The highest BCUT2D eigenvalue weighted by atomic mass is 16.3. The quantitative estimate of drug-likeness (QED) is 0.761. The molecule has 2 aliphatic carbocycles. The summed E-state index contributed by atoms with van der Waals surface area (Å²) in [7, 11) is 0. The maximum atomic E-state index is 11.7. The Bertz CT molecular complexity index is 219. The molecule has 2 fully saturated rings. The highest BCUT2D eigenvalue weighted by Crippen LogP contribution is 2.33. The molecule has 0 aromatic rings. The summed E-state index contributed by atoms with van der Waals surface area (Å²) in [5.41, 5.74) is 0. The predicted octanol–water partition coefficient (Wildman–Crippen LogP) is 2.69. The first-order valence-corrected chi connectivity index (χ1v) is 6.50. The second kappa shape index (κ2) is 5.11. The van der Waals surface area contributed by atoms with Gasteiger partial charge in [-0.1, -0.05) is 25.7 Å². The van der Waals surface area contributed by atoms with Crippen LogP contribution in [0.3, 0.4) is 0 Å². The van der Waals surface area contributed by atoms with Crippen LogP contribution in [0.5, 0.6) is 0 Å². The first kappa shape index (κ1) is 11.1. The molecule has 0 amide bonds. The number of Topliss-reactive ketones (excluding diaryl/α,β-unsaturated/α-hetero) is 1. The third-order valence-corrected chi connectivity index (χ3v) is 4.15. The van der Waals surface area contributed by atoms with E-state index in [0.29, 0.717) is 18.1 Å². The van der Waals surface area contributed by atoms with Gasteiger partial charge in [-0.2, -0.15) is 0 Å². The second-order valence-electron chi connectivity index (χ2n) is 5.21. The Kier molecular flexibility index (Phi) is 3.79. The number of aliphatic hydroxyl groups is 1. The highest BCUT2D eigenvalue weighted by Gasteiger charge is 2.34. The molecule has 0 unspecified atom stereocenters. The minimum Gasteiger partial charge on any atom is -0.392 e. The van der Waals surface area contributed by atoms with Crippen LogP contribution in [0.25, 0.3) is 0 Å². The molecule has 0 radical (unpaired) electrons. The molecule has 2 atom stereocenters. The fraction of sp³-hybridized carbons (Fsp3) is 0.923. The Labute approximate surface area is 92.1 Å². The Hall–Kier alpha value is -0.370. The second-order valence-corrected chi connectivity index (χ2v) is 5.21. The first-order valence-electron chi connectivity index (χ1n) is 6.50. The van der Waals surface area contributed by atoms with Crippen molar-refractivity contribution in [3.8, 4) is 0 Å². The number of ketones is 1. The van der Waals surface area contributed by atoms with E-state index < -0.39 is 0 Å². The molecule has 0 aliphatic heterocycles. The van der Waals surface area contributed by atoms with Crippen LogP contribution in [0.15, 0.2) is 0 Å². The van der Waals surface area contributed by atoms with E-state index in [2.05, 4.69) is 0 Å². The smallest absolute Gasteiger partial charge is 0.138 e. The fourth-order valence-corrected chi connectivity index (χ4v) is 3.18. The van der Waals surface area contributed by atoms with Gasteiger partial charge < -0.3 is 5.11 Å². The van der Waals surface area contributed by atoms with E-state index in [0.717, 1.165) is 32.1 Å². The minimum atomic E-state index is -0.335. The van der Waals surface area contributed by atoms with Crippen molar-refractivity contribution in [3.05, 3.63) is 0 Å². The monoisotopic (exact) mass is 210 g/mol. The standard InChI is InChI=1S/C13H22O2/c14-12-9-5-4-8-11(12)13(15)10-6-2-1-3-7-10/h10-11,13,15H,1-9H2/t11-,13+/m1/s1. The van der Waals surface area contributed by atoms with Crippen LogP contribution in [0.4, 0.5) is 0 Å². The highest BCUT2D eigenvalue weighted by molar-refractivity contribution is 5.82. The zero-order valence-electron chi connectivity index (χ0n) is 9.45. The van der Waals surface area contributed by atoms with Crippen LogP contribution in [0.1, 0.15) is 57.8 Å². The Morgan fingerprint density at radius 1 is 1.00 bits per heavy atom. The van der Waals surface area contributed by atoms with E-state index in [-0.39, 0.29) is 12.0 Å². The lowest BCUT2D eigenvalue weighted by Crippen LogP contribution is -2.37. The topological polar surface area (TPSA) is 37.3 Å². The number of carbonyl (C=O) groups excluding carboxylic acids is 1. The van der Waals surface area contributed by atoms with Crippen molar-refractivity contribution in [1.29, 1.82) is 0 Å². The molecule has 0 heterocycles. The van der Waals surface area contributed by atoms with Crippen LogP contribution < -0.4 is 0 Å². The molecule has 15 heavy (non-hydrogen) atoms. The van der Waals surface area contributed by atoms with Gasteiger partial charge in [0.1, 0.15) is 5.78 Å². The van der Waals surface area contributed by atoms with Crippen molar-refractivity contribution in [2.75, 3.05) is 0 Å². The molecule has 1 N–H and O–H groups in total. The van der Waals surface area contributed by atoms with Crippen LogP contribution in [0.2, 0.25) is 0 Å². The number of carbonyl (C=O) groups is 1. The van der Waals surface area contributed by atoms with E-state index in [9.17, 15) is 9.90 Å². The summed E-state index contributed by atoms with van der Waals surface area (Å²) < 4.78 is 0. The van der Waals surface area contributed by atoms with E-state index in [1.807, 2.05) is 0 Å². The predicted molar refractivity (Wildman–Crippen MR) is 59.5 cm³/mol. The molecular formula is C13H22O2. The van der Waals surface area contributed by atoms with E-state index >= 15 is 0 Å². The average Bonchev–Trinajstić information content (AvgIpc) is 2.30. The van der Waals surface area contributed by atoms with Gasteiger partial charge in [0.05, 0.1) is 6.10 Å². The zero-order valence-corrected chi connectivity index (χ0v) is 9.45. The van der Waals surface area contributed by atoms with Crippen LogP contribution in [-0.4, -0.2) is 17.0 Å². The fourth-order valence-electron chi connectivity index (χ4n) is 3.18. The molecule has 2 rings (SSSR count). The molecule has 0 spiro atoms. The van der Waals surface area contributed by atoms with E-state index in [1.165, 1.54) is 19.3 Å². The summed E-state index contributed by atoms with van der Waals surface area (Å²) in [4.78, 5) is 11.7. The molecule has 0 bridgehead atoms. The van der Waals surface area contributed by atoms with E-state index in [1.54, 1.807) is 0 Å². The van der Waals surface area contributed by atoms with Gasteiger partial charge in [-0.25, -0.2) is 0 Å². The van der Waals surface area contributed by atoms with Crippen molar-refractivity contribution >= 4 is 5.78 Å². The Balaban J connectivity index is 1.92. The molecule has 2 saturated carbocycles. The van der Waals surface area contributed by atoms with Crippen molar-refractivity contribution in [1.82, 2.24) is 0 Å². The minimum absolute atomic E-state index is 0.0261. The van der Waals surface area contributed by atoms with Crippen molar-refractivity contribution in [2.24, 2.45) is 11.8 Å². The van der Waals surface area contributed by atoms with Crippen molar-refractivity contribution in [2.45, 2.75) is 63.9 Å². The third-order valence-electron chi connectivity index (χ3n) is 4.15. The Morgan fingerprint density at radius 2 is 1.67 bits per heavy atom. The van der Waals surface area contributed by atoms with Gasteiger partial charge in [-0.3, -0.25) is 4.79 Å². The molecule has 0 aromatic carbocycles. The third kappa shape index (κ3) is 2.60. The SMILES string of the molecule is O=C1CCCC[C@H]1[C@@H](O)C1CCCCC1. The first-order chi connectivity index (χ1) is 7.29. The average molecular weight is 210 g/mol. The van der Waals surface area contributed by atoms with Gasteiger partial charge in [0.25, 0.3) is 0 Å². The van der Waals surface area contributed by atoms with Gasteiger partial charge in [0.2, 0.25) is 0 Å². The number of hydrogen-bond donors (Lipinski definition) is 1. The summed E-state index contributed by atoms with van der Waals surface area (Å²) in [6, 6.07) is 0. The molecular weight excluding hydrogens is 188 g/mol. The summed E-state index contributed by atoms with van der Waals surface area (Å²) in [6.07, 6.45) is 9.50. The van der Waals surface area contributed by atoms with Crippen molar-refractivity contribution in [3.63, 3.8) is 0 Å². The summed E-state index contributed by atoms with van der Waals surface area (Å²) >= 11 is 0. The summed E-state index contributed by atoms with van der Waals surface area (Å²) in [5.74, 6) is 0.701. The molecule has 2 aliphatic rings. The lowest BCUT2D eigenvalue weighted by molar-refractivity contribution is -0.130. The van der Waals surface area contributed by atoms with Crippen LogP contribution in [-0.2, 0) is 4.79 Å².